The van der Waals surface area contributed by atoms with Crippen LogP contribution >= 0.6 is 23.6 Å². The Morgan fingerprint density at radius 3 is 2.35 bits per heavy atom. The van der Waals surface area contributed by atoms with Crippen molar-refractivity contribution in [3.63, 3.8) is 0 Å². The molecule has 0 spiro atoms. The lowest BCUT2D eigenvalue weighted by Gasteiger charge is -2.16. The fourth-order valence-corrected chi connectivity index (χ4v) is 3.01. The van der Waals surface area contributed by atoms with E-state index in [4.69, 9.17) is 26.4 Å². The maximum absolute atomic E-state index is 5.32. The molecule has 1 heterocycles. The third kappa shape index (κ3) is 4.74. The number of hydrogen-bond acceptors (Lipinski definition) is 5. The van der Waals surface area contributed by atoms with Crippen LogP contribution in [0.5, 0.6) is 17.2 Å². The first-order chi connectivity index (χ1) is 11.2. The summed E-state index contributed by atoms with van der Waals surface area (Å²) >= 11 is 7.06. The molecule has 5 nitrogen and oxygen atoms in total. The highest BCUT2D eigenvalue weighted by molar-refractivity contribution is 7.80. The molecule has 0 bridgehead atoms. The lowest BCUT2D eigenvalue weighted by molar-refractivity contribution is 0.324. The van der Waals surface area contributed by atoms with Crippen LogP contribution in [0.4, 0.5) is 5.69 Å². The fraction of sp³-hybridized carbons (Fsp3) is 0.312. The molecule has 0 saturated carbocycles. The number of ether oxygens (including phenoxy) is 3. The van der Waals surface area contributed by atoms with Crippen LogP contribution in [0.15, 0.2) is 29.6 Å². The molecule has 0 radical (unpaired) electrons. The van der Waals surface area contributed by atoms with E-state index in [1.54, 1.807) is 32.7 Å². The van der Waals surface area contributed by atoms with Gasteiger partial charge in [-0.25, -0.2) is 0 Å². The summed E-state index contributed by atoms with van der Waals surface area (Å²) in [4.78, 5) is 1.33. The first-order valence-corrected chi connectivity index (χ1v) is 8.34. The van der Waals surface area contributed by atoms with Crippen molar-refractivity contribution in [3.05, 3.63) is 34.5 Å². The van der Waals surface area contributed by atoms with Crippen LogP contribution < -0.4 is 24.8 Å². The number of benzene rings is 1. The van der Waals surface area contributed by atoms with Crippen molar-refractivity contribution in [2.45, 2.75) is 6.42 Å². The van der Waals surface area contributed by atoms with Crippen molar-refractivity contribution in [3.8, 4) is 17.2 Å². The molecule has 0 aliphatic rings. The molecule has 0 aliphatic carbocycles. The summed E-state index contributed by atoms with van der Waals surface area (Å²) in [7, 11) is 4.74. The van der Waals surface area contributed by atoms with Gasteiger partial charge in [-0.2, -0.15) is 0 Å². The van der Waals surface area contributed by atoms with E-state index in [0.29, 0.717) is 22.4 Å². The number of thiophene rings is 1. The minimum Gasteiger partial charge on any atom is -0.493 e. The molecule has 2 N–H and O–H groups in total. The van der Waals surface area contributed by atoms with E-state index in [-0.39, 0.29) is 0 Å². The number of methoxy groups -OCH3 is 3. The van der Waals surface area contributed by atoms with Crippen molar-refractivity contribution in [2.24, 2.45) is 0 Å². The highest BCUT2D eigenvalue weighted by Crippen LogP contribution is 2.39. The first kappa shape index (κ1) is 17.4. The molecule has 0 amide bonds. The summed E-state index contributed by atoms with van der Waals surface area (Å²) < 4.78 is 15.9. The van der Waals surface area contributed by atoms with E-state index < -0.39 is 0 Å². The van der Waals surface area contributed by atoms with Crippen LogP contribution in [0.25, 0.3) is 0 Å². The summed E-state index contributed by atoms with van der Waals surface area (Å²) in [6.45, 7) is 0.775. The van der Waals surface area contributed by atoms with Gasteiger partial charge in [-0.1, -0.05) is 6.07 Å². The zero-order chi connectivity index (χ0) is 16.7. The predicted octanol–water partition coefficient (Wildman–Crippen LogP) is 3.30. The van der Waals surface area contributed by atoms with Gasteiger partial charge in [0.15, 0.2) is 16.6 Å². The fourth-order valence-electron chi connectivity index (χ4n) is 2.08. The molecule has 2 rings (SSSR count). The van der Waals surface area contributed by atoms with Crippen LogP contribution in [0.3, 0.4) is 0 Å². The Morgan fingerprint density at radius 2 is 1.83 bits per heavy atom. The lowest BCUT2D eigenvalue weighted by Crippen LogP contribution is -2.30. The quantitative estimate of drug-likeness (QED) is 0.746. The first-order valence-electron chi connectivity index (χ1n) is 7.05. The van der Waals surface area contributed by atoms with Crippen LogP contribution in [-0.4, -0.2) is 33.0 Å². The second-order valence-electron chi connectivity index (χ2n) is 4.62. The van der Waals surface area contributed by atoms with Gasteiger partial charge in [0.25, 0.3) is 0 Å². The summed E-state index contributed by atoms with van der Waals surface area (Å²) in [6.07, 6.45) is 0.939. The Labute approximate surface area is 145 Å². The molecule has 1 aromatic heterocycles. The maximum Gasteiger partial charge on any atom is 0.203 e. The molecule has 7 heteroatoms. The molecule has 0 fully saturated rings. The van der Waals surface area contributed by atoms with Gasteiger partial charge in [-0.3, -0.25) is 0 Å². The van der Waals surface area contributed by atoms with Gasteiger partial charge in [0.05, 0.1) is 21.3 Å². The zero-order valence-electron chi connectivity index (χ0n) is 13.3. The average molecular weight is 352 g/mol. The normalized spacial score (nSPS) is 10.0. The second kappa shape index (κ2) is 8.59. The molecule has 0 atom stereocenters. The van der Waals surface area contributed by atoms with E-state index >= 15 is 0 Å². The van der Waals surface area contributed by atoms with Crippen LogP contribution in [-0.2, 0) is 6.42 Å². The average Bonchev–Trinajstić information content (AvgIpc) is 3.07. The Bertz CT molecular complexity index is 620. The molecule has 1 aromatic carbocycles. The predicted molar refractivity (Wildman–Crippen MR) is 98.3 cm³/mol. The van der Waals surface area contributed by atoms with Gasteiger partial charge in [0.2, 0.25) is 5.75 Å². The number of rotatable bonds is 7. The van der Waals surface area contributed by atoms with E-state index in [9.17, 15) is 0 Å². The highest BCUT2D eigenvalue weighted by atomic mass is 32.1. The van der Waals surface area contributed by atoms with Crippen molar-refractivity contribution in [2.75, 3.05) is 33.2 Å². The molecule has 0 aliphatic heterocycles. The molecule has 23 heavy (non-hydrogen) atoms. The zero-order valence-corrected chi connectivity index (χ0v) is 15.0. The van der Waals surface area contributed by atoms with Crippen molar-refractivity contribution >= 4 is 34.4 Å². The van der Waals surface area contributed by atoms with Crippen LogP contribution in [0, 0.1) is 0 Å². The minimum atomic E-state index is 0.552. The van der Waals surface area contributed by atoms with Crippen molar-refractivity contribution in [1.82, 2.24) is 5.32 Å². The van der Waals surface area contributed by atoms with Gasteiger partial charge >= 0.3 is 0 Å². The number of thiocarbonyl (C=S) groups is 1. The monoisotopic (exact) mass is 352 g/mol. The third-order valence-corrected chi connectivity index (χ3v) is 4.34. The largest absolute Gasteiger partial charge is 0.493 e. The van der Waals surface area contributed by atoms with Gasteiger partial charge in [0.1, 0.15) is 0 Å². The molecule has 124 valence electrons. The van der Waals surface area contributed by atoms with E-state index in [2.05, 4.69) is 22.1 Å². The van der Waals surface area contributed by atoms with E-state index in [0.717, 1.165) is 18.7 Å². The topological polar surface area (TPSA) is 51.8 Å². The van der Waals surface area contributed by atoms with Gasteiger partial charge in [-0.05, 0) is 30.1 Å². The van der Waals surface area contributed by atoms with Crippen LogP contribution in [0.1, 0.15) is 4.88 Å². The van der Waals surface area contributed by atoms with Crippen molar-refractivity contribution < 1.29 is 14.2 Å². The van der Waals surface area contributed by atoms with Crippen LogP contribution in [0.2, 0.25) is 0 Å². The molecule has 0 unspecified atom stereocenters. The van der Waals surface area contributed by atoms with E-state index in [1.807, 2.05) is 18.2 Å². The Morgan fingerprint density at radius 1 is 1.13 bits per heavy atom. The highest BCUT2D eigenvalue weighted by Gasteiger charge is 2.13. The molecular weight excluding hydrogens is 332 g/mol. The van der Waals surface area contributed by atoms with E-state index in [1.165, 1.54) is 4.88 Å². The lowest BCUT2D eigenvalue weighted by atomic mass is 10.2. The number of hydrogen-bond donors (Lipinski definition) is 2. The van der Waals surface area contributed by atoms with Crippen molar-refractivity contribution in [1.29, 1.82) is 0 Å². The standard InChI is InChI=1S/C16H20N2O3S2/c1-19-13-9-11(10-14(20-2)15(13)21-3)18-16(22)17-7-6-12-5-4-8-23-12/h4-5,8-10H,6-7H2,1-3H3,(H2,17,18,22). The molecular formula is C16H20N2O3S2. The second-order valence-corrected chi connectivity index (χ2v) is 6.06. The summed E-state index contributed by atoms with van der Waals surface area (Å²) in [5.41, 5.74) is 0.771. The Hall–Kier alpha value is -1.99. The van der Waals surface area contributed by atoms with Gasteiger partial charge in [0, 0.05) is 29.2 Å². The van der Waals surface area contributed by atoms with Gasteiger partial charge in [-0.15, -0.1) is 11.3 Å². The maximum atomic E-state index is 5.32. The summed E-state index contributed by atoms with van der Waals surface area (Å²) in [5, 5.41) is 8.94. The molecule has 2 aromatic rings. The number of anilines is 1. The Kier molecular flexibility index (Phi) is 6.49. The SMILES string of the molecule is COc1cc(NC(=S)NCCc2cccs2)cc(OC)c1OC. The summed E-state index contributed by atoms with van der Waals surface area (Å²) in [5.74, 6) is 1.71. The number of nitrogens with one attached hydrogen (secondary N) is 2. The Balaban J connectivity index is 1.97. The smallest absolute Gasteiger partial charge is 0.203 e. The summed E-state index contributed by atoms with van der Waals surface area (Å²) in [6, 6.07) is 7.79. The van der Waals surface area contributed by atoms with Gasteiger partial charge < -0.3 is 24.8 Å². The molecule has 0 saturated heterocycles. The minimum absolute atomic E-state index is 0.552. The third-order valence-electron chi connectivity index (χ3n) is 3.16.